The van der Waals surface area contributed by atoms with Gasteiger partial charge in [0.2, 0.25) is 0 Å². The lowest BCUT2D eigenvalue weighted by Gasteiger charge is -2.34. The van der Waals surface area contributed by atoms with Crippen LogP contribution in [0.25, 0.3) is 0 Å². The van der Waals surface area contributed by atoms with Gasteiger partial charge in [0.25, 0.3) is 0 Å². The lowest BCUT2D eigenvalue weighted by Crippen LogP contribution is -2.55. The molecule has 0 aliphatic heterocycles. The smallest absolute Gasteiger partial charge is 0.306 e. The maximum absolute atomic E-state index is 12.7. The van der Waals surface area contributed by atoms with Gasteiger partial charge >= 0.3 is 11.9 Å². The molecule has 0 fully saturated rings. The first-order valence-corrected chi connectivity index (χ1v) is 23.2. The van der Waals surface area contributed by atoms with Crippen molar-refractivity contribution in [3.8, 4) is 0 Å². The Balaban J connectivity index is 4.33. The summed E-state index contributed by atoms with van der Waals surface area (Å²) in [5.41, 5.74) is 0. The SMILES string of the molecule is CCCCCC/C=C/C=C/CCCCCCCCCCCCC(=O)OCC(COCCC(C(=O)[O-])[N+](C)(C)C)OC(=O)CC/C=C/C/C=C/CCCCCCCC. The second kappa shape index (κ2) is 40.1. The Morgan fingerprint density at radius 3 is 1.54 bits per heavy atom. The molecule has 0 rings (SSSR count). The highest BCUT2D eigenvalue weighted by Crippen LogP contribution is 2.14. The summed E-state index contributed by atoms with van der Waals surface area (Å²) in [6.45, 7) is 4.57. The third-order valence-corrected chi connectivity index (χ3v) is 10.2. The molecule has 0 bridgehead atoms. The summed E-state index contributed by atoms with van der Waals surface area (Å²) in [6.07, 6.45) is 47.2. The number of carboxylic acids is 1. The normalized spacial score (nSPS) is 13.4. The molecule has 0 aromatic heterocycles. The van der Waals surface area contributed by atoms with Crippen molar-refractivity contribution in [2.45, 2.75) is 206 Å². The summed E-state index contributed by atoms with van der Waals surface area (Å²) in [4.78, 5) is 36.8. The van der Waals surface area contributed by atoms with Crippen LogP contribution in [-0.2, 0) is 28.6 Å². The molecule has 8 nitrogen and oxygen atoms in total. The molecule has 2 unspecified atom stereocenters. The van der Waals surface area contributed by atoms with Gasteiger partial charge in [-0.15, -0.1) is 0 Å². The minimum absolute atomic E-state index is 0.0170. The maximum atomic E-state index is 12.7. The molecule has 2 atom stereocenters. The number of hydrogen-bond acceptors (Lipinski definition) is 7. The van der Waals surface area contributed by atoms with Crippen molar-refractivity contribution in [2.75, 3.05) is 41.0 Å². The number of carboxylic acid groups (broad SMARTS) is 1. The molecule has 0 aliphatic carbocycles. The number of unbranched alkanes of at least 4 members (excludes halogenated alkanes) is 20. The van der Waals surface area contributed by atoms with Crippen molar-refractivity contribution in [2.24, 2.45) is 0 Å². The molecule has 0 N–H and O–H groups in total. The molecule has 0 saturated carbocycles. The number of likely N-dealkylation sites (N-methyl/N-ethyl adjacent to an activating group) is 1. The van der Waals surface area contributed by atoms with Crippen molar-refractivity contribution < 1.29 is 38.2 Å². The van der Waals surface area contributed by atoms with E-state index in [9.17, 15) is 19.5 Å². The molecule has 0 amide bonds. The number of nitrogens with zero attached hydrogens (tertiary/aromatic N) is 1. The molecular weight excluding hydrogens is 715 g/mol. The number of carbonyl (C=O) groups is 3. The summed E-state index contributed by atoms with van der Waals surface area (Å²) in [7, 11) is 5.39. The Morgan fingerprint density at radius 2 is 1.02 bits per heavy atom. The summed E-state index contributed by atoms with van der Waals surface area (Å²) in [5.74, 6) is -1.82. The van der Waals surface area contributed by atoms with Crippen LogP contribution in [0.5, 0.6) is 0 Å². The Labute approximate surface area is 350 Å². The van der Waals surface area contributed by atoms with Crippen LogP contribution in [0.1, 0.15) is 194 Å². The van der Waals surface area contributed by atoms with Crippen LogP contribution in [0, 0.1) is 0 Å². The number of hydrogen-bond donors (Lipinski definition) is 0. The van der Waals surface area contributed by atoms with Crippen LogP contribution in [0.2, 0.25) is 0 Å². The Hall–Kier alpha value is -2.71. The predicted molar refractivity (Wildman–Crippen MR) is 236 cm³/mol. The Morgan fingerprint density at radius 1 is 0.544 bits per heavy atom. The number of aliphatic carboxylic acids is 1. The molecule has 8 heteroatoms. The van der Waals surface area contributed by atoms with E-state index in [0.717, 1.165) is 32.1 Å². The second-order valence-electron chi connectivity index (χ2n) is 16.7. The van der Waals surface area contributed by atoms with Crippen LogP contribution in [0.15, 0.2) is 48.6 Å². The minimum Gasteiger partial charge on any atom is -0.544 e. The first-order valence-electron chi connectivity index (χ1n) is 23.2. The molecule has 0 heterocycles. The van der Waals surface area contributed by atoms with E-state index in [4.69, 9.17) is 14.2 Å². The molecule has 0 aliphatic rings. The van der Waals surface area contributed by atoms with Crippen LogP contribution in [0.3, 0.4) is 0 Å². The maximum Gasteiger partial charge on any atom is 0.306 e. The van der Waals surface area contributed by atoms with Crippen molar-refractivity contribution in [1.82, 2.24) is 0 Å². The molecule has 330 valence electrons. The van der Waals surface area contributed by atoms with Gasteiger partial charge in [-0.3, -0.25) is 9.59 Å². The van der Waals surface area contributed by atoms with Crippen molar-refractivity contribution in [3.05, 3.63) is 48.6 Å². The third kappa shape index (κ3) is 38.6. The molecule has 57 heavy (non-hydrogen) atoms. The van der Waals surface area contributed by atoms with E-state index in [1.54, 1.807) is 21.1 Å². The van der Waals surface area contributed by atoms with Crippen molar-refractivity contribution >= 4 is 17.9 Å². The second-order valence-corrected chi connectivity index (χ2v) is 16.7. The fourth-order valence-corrected chi connectivity index (χ4v) is 6.58. The van der Waals surface area contributed by atoms with Crippen molar-refractivity contribution in [3.63, 3.8) is 0 Å². The van der Waals surface area contributed by atoms with Gasteiger partial charge in [0.15, 0.2) is 6.10 Å². The van der Waals surface area contributed by atoms with E-state index < -0.39 is 18.1 Å². The van der Waals surface area contributed by atoms with Gasteiger partial charge < -0.3 is 28.6 Å². The zero-order valence-electron chi connectivity index (χ0n) is 37.5. The highest BCUT2D eigenvalue weighted by molar-refractivity contribution is 5.70. The summed E-state index contributed by atoms with van der Waals surface area (Å²) in [5, 5.41) is 11.6. The van der Waals surface area contributed by atoms with E-state index in [2.05, 4.69) is 56.4 Å². The zero-order valence-corrected chi connectivity index (χ0v) is 37.5. The highest BCUT2D eigenvalue weighted by Gasteiger charge is 2.25. The number of carbonyl (C=O) groups excluding carboxylic acids is 3. The van der Waals surface area contributed by atoms with Gasteiger partial charge in [0, 0.05) is 19.3 Å². The van der Waals surface area contributed by atoms with Gasteiger partial charge in [-0.1, -0.05) is 165 Å². The number of rotatable bonds is 41. The van der Waals surface area contributed by atoms with E-state index >= 15 is 0 Å². The molecule has 0 aromatic rings. The Bertz CT molecular complexity index is 1070. The highest BCUT2D eigenvalue weighted by atomic mass is 16.6. The number of quaternary nitrogens is 1. The lowest BCUT2D eigenvalue weighted by molar-refractivity contribution is -0.889. The average molecular weight is 802 g/mol. The fourth-order valence-electron chi connectivity index (χ4n) is 6.58. The lowest BCUT2D eigenvalue weighted by atomic mass is 10.1. The van der Waals surface area contributed by atoms with E-state index in [0.29, 0.717) is 12.8 Å². The quantitative estimate of drug-likeness (QED) is 0.0199. The minimum atomic E-state index is -1.13. The first-order chi connectivity index (χ1) is 27.6. The molecule has 0 aromatic carbocycles. The monoisotopic (exact) mass is 802 g/mol. The summed E-state index contributed by atoms with van der Waals surface area (Å²) in [6, 6.07) is -0.735. The summed E-state index contributed by atoms with van der Waals surface area (Å²) < 4.78 is 17.1. The predicted octanol–water partition coefficient (Wildman–Crippen LogP) is 11.5. The van der Waals surface area contributed by atoms with E-state index in [-0.39, 0.29) is 49.1 Å². The van der Waals surface area contributed by atoms with Crippen LogP contribution in [-0.4, -0.2) is 75.5 Å². The average Bonchev–Trinajstić information content (AvgIpc) is 3.17. The molecule has 0 saturated heterocycles. The number of allylic oxidation sites excluding steroid dienone is 8. The van der Waals surface area contributed by atoms with Crippen LogP contribution >= 0.6 is 0 Å². The molecule has 0 spiro atoms. The van der Waals surface area contributed by atoms with Crippen molar-refractivity contribution in [1.29, 1.82) is 0 Å². The van der Waals surface area contributed by atoms with Gasteiger partial charge in [-0.25, -0.2) is 0 Å². The Kier molecular flexibility index (Phi) is 38.2. The summed E-state index contributed by atoms with van der Waals surface area (Å²) >= 11 is 0. The van der Waals surface area contributed by atoms with Gasteiger partial charge in [0.1, 0.15) is 12.6 Å². The van der Waals surface area contributed by atoms with Crippen LogP contribution in [0.4, 0.5) is 0 Å². The van der Waals surface area contributed by atoms with E-state index in [1.807, 2.05) is 6.08 Å². The van der Waals surface area contributed by atoms with Crippen LogP contribution < -0.4 is 5.11 Å². The van der Waals surface area contributed by atoms with Gasteiger partial charge in [0.05, 0.1) is 40.3 Å². The van der Waals surface area contributed by atoms with Gasteiger partial charge in [-0.2, -0.15) is 0 Å². The third-order valence-electron chi connectivity index (χ3n) is 10.2. The largest absolute Gasteiger partial charge is 0.544 e. The zero-order chi connectivity index (χ0) is 42.1. The number of ether oxygens (including phenoxy) is 3. The molecular formula is C49H87NO7. The number of esters is 2. The van der Waals surface area contributed by atoms with Gasteiger partial charge in [-0.05, 0) is 57.8 Å². The van der Waals surface area contributed by atoms with E-state index in [1.165, 1.54) is 122 Å². The molecule has 0 radical (unpaired) electrons. The first kappa shape index (κ1) is 54.3. The topological polar surface area (TPSA) is 102 Å². The standard InChI is InChI=1S/C49H87NO7/c1-6-8-10-12-14-16-18-20-21-22-23-24-25-26-28-29-31-33-35-37-39-47(51)56-44-45(43-55-42-41-46(49(53)54)50(3,4)5)57-48(52)40-38-36-34-32-30-27-19-17-15-13-11-9-7-2/h16,18,20-21,27,30,34,36,45-46H,6-15,17,19,22-26,28-29,31-33,35,37-44H2,1-5H3/b18-16+,21-20+,30-27+,36-34+. The fraction of sp³-hybridized carbons (Fsp3) is 0.776.